The van der Waals surface area contributed by atoms with Crippen molar-refractivity contribution in [1.82, 2.24) is 9.47 Å². The van der Waals surface area contributed by atoms with E-state index in [1.54, 1.807) is 0 Å². The van der Waals surface area contributed by atoms with E-state index in [0.29, 0.717) is 0 Å². The van der Waals surface area contributed by atoms with E-state index in [0.717, 1.165) is 24.0 Å². The number of benzene rings is 3. The summed E-state index contributed by atoms with van der Waals surface area (Å²) in [6.45, 7) is 28.0. The number of likely N-dealkylation sites (N-methyl/N-ethyl adjacent to an activating group) is 1. The van der Waals surface area contributed by atoms with E-state index in [2.05, 4.69) is 189 Å². The van der Waals surface area contributed by atoms with Crippen LogP contribution < -0.4 is 0 Å². The summed E-state index contributed by atoms with van der Waals surface area (Å²) in [4.78, 5) is 2.44. The summed E-state index contributed by atoms with van der Waals surface area (Å²) in [6.07, 6.45) is 3.54. The Hall–Kier alpha value is -2.01. The van der Waals surface area contributed by atoms with Crippen LogP contribution in [0.15, 0.2) is 72.8 Å². The SMILES string of the molecule is CN(C)C1(C(C)(C)CC(C)(C)C)C=C(c2ccccc2)C(O)C(C)(n2c3ccc(C(C)(C)C)cc3c3cc(C(C)(C)C)ccc32)C1.[CH3][Hf][CH3]. The van der Waals surface area contributed by atoms with Crippen molar-refractivity contribution < 1.29 is 28.0 Å². The summed E-state index contributed by atoms with van der Waals surface area (Å²) in [7, 11) is 4.47. The first-order valence-corrected chi connectivity index (χ1v) is 25.4. The van der Waals surface area contributed by atoms with E-state index in [1.165, 1.54) is 32.9 Å². The first-order chi connectivity index (χ1) is 22.4. The fourth-order valence-corrected chi connectivity index (χ4v) is 8.75. The fraction of sp³-hybridized carbons (Fsp3) is 0.556. The molecule has 0 aliphatic heterocycles. The first kappa shape index (κ1) is 39.8. The molecule has 3 nitrogen and oxygen atoms in total. The zero-order valence-corrected chi connectivity index (χ0v) is 37.4. The van der Waals surface area contributed by atoms with Crippen LogP contribution >= 0.6 is 0 Å². The molecule has 1 aromatic heterocycles. The van der Waals surface area contributed by atoms with E-state index in [-0.39, 0.29) is 50.1 Å². The van der Waals surface area contributed by atoms with Crippen LogP contribution in [-0.4, -0.2) is 40.3 Å². The molecule has 1 N–H and O–H groups in total. The van der Waals surface area contributed by atoms with Gasteiger partial charge in [0.05, 0.1) is 5.54 Å². The predicted octanol–water partition coefficient (Wildman–Crippen LogP) is 11.9. The number of rotatable bonds is 5. The average molecular weight is 830 g/mol. The first-order valence-electron chi connectivity index (χ1n) is 18.3. The van der Waals surface area contributed by atoms with Crippen LogP contribution in [0.4, 0.5) is 0 Å². The van der Waals surface area contributed by atoms with E-state index in [9.17, 15) is 5.11 Å². The Bertz CT molecular complexity index is 1720. The van der Waals surface area contributed by atoms with E-state index in [4.69, 9.17) is 0 Å². The molecule has 5 rings (SSSR count). The maximum absolute atomic E-state index is 12.8. The summed E-state index contributed by atoms with van der Waals surface area (Å²) in [5.41, 5.74) is 6.23. The molecular formula is C45H66HfN2O. The molecule has 3 unspecified atom stereocenters. The molecule has 4 heteroatoms. The fourth-order valence-electron chi connectivity index (χ4n) is 8.75. The van der Waals surface area contributed by atoms with Gasteiger partial charge in [0, 0.05) is 27.3 Å². The molecule has 1 heterocycles. The van der Waals surface area contributed by atoms with Gasteiger partial charge in [-0.2, -0.15) is 0 Å². The van der Waals surface area contributed by atoms with Gasteiger partial charge >= 0.3 is 32.3 Å². The van der Waals surface area contributed by atoms with Crippen molar-refractivity contribution in [2.24, 2.45) is 10.8 Å². The molecule has 266 valence electrons. The topological polar surface area (TPSA) is 28.4 Å². The van der Waals surface area contributed by atoms with Gasteiger partial charge in [0.1, 0.15) is 6.10 Å². The second kappa shape index (κ2) is 13.8. The van der Waals surface area contributed by atoms with Crippen molar-refractivity contribution in [2.45, 2.75) is 133 Å². The number of hydrogen-bond acceptors (Lipinski definition) is 2. The molecule has 0 spiro atoms. The Morgan fingerprint density at radius 1 is 0.755 bits per heavy atom. The molecular weight excluding hydrogens is 763 g/mol. The van der Waals surface area contributed by atoms with Gasteiger partial charge in [0.25, 0.3) is 0 Å². The Labute approximate surface area is 310 Å². The minimum atomic E-state index is -0.711. The summed E-state index contributed by atoms with van der Waals surface area (Å²) in [5.74, 6) is 0. The minimum absolute atomic E-state index is 0.0266. The van der Waals surface area contributed by atoms with Gasteiger partial charge in [-0.3, -0.25) is 4.90 Å². The summed E-state index contributed by atoms with van der Waals surface area (Å²) in [5, 5.41) is 15.3. The van der Waals surface area contributed by atoms with Gasteiger partial charge in [-0.15, -0.1) is 0 Å². The van der Waals surface area contributed by atoms with Gasteiger partial charge < -0.3 is 9.67 Å². The molecule has 1 aliphatic rings. The average Bonchev–Trinajstić information content (AvgIpc) is 3.31. The van der Waals surface area contributed by atoms with Crippen LogP contribution in [0.1, 0.15) is 113 Å². The normalized spacial score (nSPS) is 22.2. The molecule has 0 saturated heterocycles. The molecule has 0 saturated carbocycles. The van der Waals surface area contributed by atoms with Crippen LogP contribution in [-0.2, 0) is 39.3 Å². The van der Waals surface area contributed by atoms with Crippen molar-refractivity contribution in [3.8, 4) is 0 Å². The standard InChI is InChI=1S/C43H60N2O.2CH3.Hf/c1-38(2,3)27-41(10,11)43(44(13)14)26-34(29-18-16-15-17-19-29)37(46)42(12,28-43)45-35-22-20-30(39(4,5)6)24-32(35)33-25-31(40(7,8)9)21-23-36(33)45;;;/h15-26,37,46H,27-28H2,1-14H3;2*1H3;. The van der Waals surface area contributed by atoms with E-state index >= 15 is 0 Å². The van der Waals surface area contributed by atoms with Crippen LogP contribution in [0, 0.1) is 10.8 Å². The van der Waals surface area contributed by atoms with Crippen LogP contribution in [0.2, 0.25) is 9.36 Å². The molecule has 0 bridgehead atoms. The molecule has 0 amide bonds. The third-order valence-electron chi connectivity index (χ3n) is 11.0. The van der Waals surface area contributed by atoms with E-state index in [1.807, 2.05) is 0 Å². The van der Waals surface area contributed by atoms with Crippen LogP contribution in [0.25, 0.3) is 27.4 Å². The molecule has 0 fully saturated rings. The van der Waals surface area contributed by atoms with Gasteiger partial charge in [0.2, 0.25) is 0 Å². The monoisotopic (exact) mass is 830 g/mol. The Morgan fingerprint density at radius 3 is 1.59 bits per heavy atom. The van der Waals surface area contributed by atoms with Crippen molar-refractivity contribution >= 4 is 27.4 Å². The predicted molar refractivity (Wildman–Crippen MR) is 212 cm³/mol. The van der Waals surface area contributed by atoms with Crippen molar-refractivity contribution in [1.29, 1.82) is 0 Å². The number of aliphatic hydroxyl groups excluding tert-OH is 1. The number of aliphatic hydroxyl groups is 1. The third-order valence-corrected chi connectivity index (χ3v) is 11.0. The Kier molecular flexibility index (Phi) is 11.2. The molecule has 49 heavy (non-hydrogen) atoms. The maximum atomic E-state index is 12.8. The molecule has 0 radical (unpaired) electrons. The van der Waals surface area contributed by atoms with Crippen LogP contribution in [0.3, 0.4) is 0 Å². The Balaban J connectivity index is 0.00000174. The summed E-state index contributed by atoms with van der Waals surface area (Å²) >= 11 is 0.0833. The number of fused-ring (bicyclic) bond motifs is 3. The Morgan fingerprint density at radius 2 is 1.20 bits per heavy atom. The van der Waals surface area contributed by atoms with Gasteiger partial charge in [-0.25, -0.2) is 0 Å². The third kappa shape index (κ3) is 7.63. The molecule has 1 aliphatic carbocycles. The van der Waals surface area contributed by atoms with Gasteiger partial charge in [-0.1, -0.05) is 125 Å². The second-order valence-corrected chi connectivity index (χ2v) is 22.7. The van der Waals surface area contributed by atoms with Crippen molar-refractivity contribution in [3.05, 3.63) is 89.5 Å². The zero-order valence-electron chi connectivity index (χ0n) is 33.8. The quantitative estimate of drug-likeness (QED) is 0.203. The number of nitrogens with zero attached hydrogens (tertiary/aromatic N) is 2. The molecule has 3 atom stereocenters. The van der Waals surface area contributed by atoms with Crippen molar-refractivity contribution in [2.75, 3.05) is 14.1 Å². The summed E-state index contributed by atoms with van der Waals surface area (Å²) in [6, 6.07) is 24.6. The van der Waals surface area contributed by atoms with Crippen LogP contribution in [0.5, 0.6) is 0 Å². The number of hydrogen-bond donors (Lipinski definition) is 1. The zero-order chi connectivity index (χ0) is 37.0. The number of aromatic nitrogens is 1. The van der Waals surface area contributed by atoms with Gasteiger partial charge in [-0.05, 0) is 102 Å². The molecule has 4 aromatic rings. The summed E-state index contributed by atoms with van der Waals surface area (Å²) < 4.78 is 7.16. The second-order valence-electron chi connectivity index (χ2n) is 19.1. The molecule has 3 aromatic carbocycles. The van der Waals surface area contributed by atoms with Gasteiger partial charge in [0.15, 0.2) is 0 Å². The van der Waals surface area contributed by atoms with E-state index < -0.39 is 11.6 Å². The van der Waals surface area contributed by atoms with Crippen molar-refractivity contribution in [3.63, 3.8) is 0 Å².